The number of aromatic nitrogens is 1. The molecule has 2 heterocycles. The minimum Gasteiger partial charge on any atom is -0.457 e. The summed E-state index contributed by atoms with van der Waals surface area (Å²) in [6.45, 7) is 18.0. The molecule has 11 nitrogen and oxygen atoms in total. The van der Waals surface area contributed by atoms with Gasteiger partial charge in [-0.2, -0.15) is 5.06 Å². The molecule has 0 spiro atoms. The number of benzene rings is 2. The highest BCUT2D eigenvalue weighted by Gasteiger charge is 2.28. The van der Waals surface area contributed by atoms with Gasteiger partial charge in [0.2, 0.25) is 10.0 Å². The molecule has 0 bridgehead atoms. The lowest BCUT2D eigenvalue weighted by Gasteiger charge is -2.33. The predicted molar refractivity (Wildman–Crippen MR) is 196 cm³/mol. The molecule has 0 radical (unpaired) electrons. The second-order valence-electron chi connectivity index (χ2n) is 15.2. The second-order valence-corrected chi connectivity index (χ2v) is 17.4. The summed E-state index contributed by atoms with van der Waals surface area (Å²) < 4.78 is 39.9. The summed E-state index contributed by atoms with van der Waals surface area (Å²) in [4.78, 5) is 38.3. The number of sulfonamides is 1. The standard InChI is InChI=1S/C38H52N4O7S/c1-25(2)50(45,46)40-31-21-29(37(4,5)6)22-32(23-31)42(47-10)35(43)28-12-11-26(3)34(20-28)48-33-13-16-39-30(24-33)19-27-14-17-41(18-15-27)36(44)49-38(7,8)9/h11-13,16,20-25,27,40H,14-15,17-19H2,1-10H3. The number of aryl methyl sites for hydroxylation is 1. The van der Waals surface area contributed by atoms with Crippen LogP contribution in [0, 0.1) is 12.8 Å². The van der Waals surface area contributed by atoms with Crippen molar-refractivity contribution in [2.75, 3.05) is 30.0 Å². The Kier molecular flexibility index (Phi) is 11.9. The molecule has 3 aromatic rings. The van der Waals surface area contributed by atoms with Crippen LogP contribution < -0.4 is 14.5 Å². The highest BCUT2D eigenvalue weighted by Crippen LogP contribution is 2.33. The van der Waals surface area contributed by atoms with E-state index in [1.54, 1.807) is 55.3 Å². The summed E-state index contributed by atoms with van der Waals surface area (Å²) >= 11 is 0. The number of piperidine rings is 1. The van der Waals surface area contributed by atoms with E-state index in [-0.39, 0.29) is 11.5 Å². The van der Waals surface area contributed by atoms with Crippen LogP contribution in [-0.2, 0) is 31.4 Å². The second kappa shape index (κ2) is 15.4. The first-order valence-corrected chi connectivity index (χ1v) is 18.6. The van der Waals surface area contributed by atoms with E-state index in [0.29, 0.717) is 47.4 Å². The minimum absolute atomic E-state index is 0.272. The number of hydrogen-bond donors (Lipinski definition) is 1. The third-order valence-corrected chi connectivity index (χ3v) is 10.2. The third kappa shape index (κ3) is 10.2. The van der Waals surface area contributed by atoms with E-state index in [4.69, 9.17) is 14.3 Å². The van der Waals surface area contributed by atoms with E-state index >= 15 is 0 Å². The fourth-order valence-electron chi connectivity index (χ4n) is 5.47. The van der Waals surface area contributed by atoms with Crippen LogP contribution in [0.25, 0.3) is 0 Å². The van der Waals surface area contributed by atoms with Crippen LogP contribution in [0.5, 0.6) is 11.5 Å². The lowest BCUT2D eigenvalue weighted by atomic mass is 9.86. The third-order valence-electron chi connectivity index (χ3n) is 8.48. The van der Waals surface area contributed by atoms with Gasteiger partial charge in [0.15, 0.2) is 0 Å². The van der Waals surface area contributed by atoms with Crippen molar-refractivity contribution in [1.29, 1.82) is 0 Å². The van der Waals surface area contributed by atoms with E-state index in [1.807, 2.05) is 66.7 Å². The number of ether oxygens (including phenoxy) is 2. The summed E-state index contributed by atoms with van der Waals surface area (Å²) in [6.07, 6.45) is 3.91. The van der Waals surface area contributed by atoms with Crippen molar-refractivity contribution in [2.24, 2.45) is 5.92 Å². The molecule has 1 aromatic heterocycles. The van der Waals surface area contributed by atoms with Gasteiger partial charge in [-0.05, 0) is 120 Å². The van der Waals surface area contributed by atoms with Gasteiger partial charge < -0.3 is 14.4 Å². The summed E-state index contributed by atoms with van der Waals surface area (Å²) in [6, 6.07) is 14.1. The van der Waals surface area contributed by atoms with Crippen molar-refractivity contribution in [1.82, 2.24) is 9.88 Å². The first kappa shape index (κ1) is 38.6. The molecule has 1 aliphatic rings. The van der Waals surface area contributed by atoms with Crippen molar-refractivity contribution in [3.63, 3.8) is 0 Å². The van der Waals surface area contributed by atoms with E-state index in [0.717, 1.165) is 41.1 Å². The Morgan fingerprint density at radius 2 is 1.68 bits per heavy atom. The number of carbonyl (C=O) groups is 2. The average molecular weight is 709 g/mol. The molecule has 2 amide bonds. The van der Waals surface area contributed by atoms with Crippen molar-refractivity contribution in [3.05, 3.63) is 77.1 Å². The van der Waals surface area contributed by atoms with Crippen LogP contribution in [0.15, 0.2) is 54.7 Å². The highest BCUT2D eigenvalue weighted by molar-refractivity contribution is 7.93. The topological polar surface area (TPSA) is 127 Å². The number of pyridine rings is 1. The Morgan fingerprint density at radius 3 is 2.28 bits per heavy atom. The molecule has 50 heavy (non-hydrogen) atoms. The molecule has 272 valence electrons. The molecule has 0 unspecified atom stereocenters. The molecule has 0 atom stereocenters. The van der Waals surface area contributed by atoms with Crippen LogP contribution in [0.4, 0.5) is 16.2 Å². The van der Waals surface area contributed by atoms with E-state index in [2.05, 4.69) is 9.71 Å². The fraction of sp³-hybridized carbons (Fsp3) is 0.500. The van der Waals surface area contributed by atoms with Gasteiger partial charge in [0.05, 0.1) is 23.7 Å². The van der Waals surface area contributed by atoms with Gasteiger partial charge in [0.1, 0.15) is 17.1 Å². The van der Waals surface area contributed by atoms with Gasteiger partial charge >= 0.3 is 6.09 Å². The molecule has 0 saturated carbocycles. The lowest BCUT2D eigenvalue weighted by molar-refractivity contribution is 0.0184. The predicted octanol–water partition coefficient (Wildman–Crippen LogP) is 8.03. The molecular weight excluding hydrogens is 657 g/mol. The maximum Gasteiger partial charge on any atom is 0.410 e. The van der Waals surface area contributed by atoms with Crippen LogP contribution in [0.3, 0.4) is 0 Å². The van der Waals surface area contributed by atoms with Gasteiger partial charge in [-0.3, -0.25) is 19.3 Å². The lowest BCUT2D eigenvalue weighted by Crippen LogP contribution is -2.42. The maximum atomic E-state index is 13.9. The summed E-state index contributed by atoms with van der Waals surface area (Å²) in [5, 5.41) is 0.506. The van der Waals surface area contributed by atoms with Gasteiger partial charge in [0.25, 0.3) is 5.91 Å². The molecule has 12 heteroatoms. The van der Waals surface area contributed by atoms with E-state index in [1.165, 1.54) is 7.11 Å². The normalized spacial score (nSPS) is 14.4. The number of nitrogens with zero attached hydrogens (tertiary/aromatic N) is 3. The zero-order valence-corrected chi connectivity index (χ0v) is 31.8. The molecular formula is C38H52N4O7S. The number of amides is 2. The molecule has 1 aliphatic heterocycles. The number of carbonyl (C=O) groups excluding carboxylic acids is 2. The number of anilines is 2. The molecule has 0 aliphatic carbocycles. The van der Waals surface area contributed by atoms with Crippen LogP contribution in [-0.4, -0.2) is 61.4 Å². The zero-order valence-electron chi connectivity index (χ0n) is 31.0. The molecule has 2 aromatic carbocycles. The Morgan fingerprint density at radius 1 is 1.00 bits per heavy atom. The zero-order chi connectivity index (χ0) is 37.0. The van der Waals surface area contributed by atoms with Crippen LogP contribution in [0.1, 0.15) is 95.4 Å². The van der Waals surface area contributed by atoms with Gasteiger partial charge in [-0.1, -0.05) is 26.8 Å². The van der Waals surface area contributed by atoms with Crippen LogP contribution >= 0.6 is 0 Å². The first-order valence-electron chi connectivity index (χ1n) is 17.0. The summed E-state index contributed by atoms with van der Waals surface area (Å²) in [7, 11) is -2.24. The summed E-state index contributed by atoms with van der Waals surface area (Å²) in [5.74, 6) is 1.02. The fourth-order valence-corrected chi connectivity index (χ4v) is 6.15. The average Bonchev–Trinajstić information content (AvgIpc) is 3.01. The first-order chi connectivity index (χ1) is 23.3. The molecule has 4 rings (SSSR count). The van der Waals surface area contributed by atoms with Crippen molar-refractivity contribution in [3.8, 4) is 11.5 Å². The largest absolute Gasteiger partial charge is 0.457 e. The Hall–Kier alpha value is -4.16. The number of likely N-dealkylation sites (tertiary alicyclic amines) is 1. The SMILES string of the molecule is CON(C(=O)c1ccc(C)c(Oc2ccnc(CC3CCN(C(=O)OC(C)(C)C)CC3)c2)c1)c1cc(NS(=O)(=O)C(C)C)cc(C(C)(C)C)c1. The number of rotatable bonds is 10. The summed E-state index contributed by atoms with van der Waals surface area (Å²) in [5.41, 5.74) is 2.71. The highest BCUT2D eigenvalue weighted by atomic mass is 32.2. The monoisotopic (exact) mass is 708 g/mol. The van der Waals surface area contributed by atoms with Crippen molar-refractivity contribution < 1.29 is 32.3 Å². The Bertz CT molecular complexity index is 1790. The van der Waals surface area contributed by atoms with Gasteiger partial charge in [0, 0.05) is 36.6 Å². The van der Waals surface area contributed by atoms with Gasteiger partial charge in [-0.15, -0.1) is 0 Å². The smallest absolute Gasteiger partial charge is 0.410 e. The quantitative estimate of drug-likeness (QED) is 0.210. The molecule has 1 saturated heterocycles. The Labute approximate surface area is 297 Å². The molecule has 1 N–H and O–H groups in total. The Balaban J connectivity index is 1.51. The number of hydroxylamine groups is 1. The molecule has 1 fully saturated rings. The van der Waals surface area contributed by atoms with E-state index in [9.17, 15) is 18.0 Å². The number of nitrogens with one attached hydrogen (secondary N) is 1. The van der Waals surface area contributed by atoms with Crippen molar-refractivity contribution in [2.45, 2.75) is 97.8 Å². The minimum atomic E-state index is -3.63. The number of hydrogen-bond acceptors (Lipinski definition) is 8. The maximum absolute atomic E-state index is 13.9. The van der Waals surface area contributed by atoms with Crippen LogP contribution in [0.2, 0.25) is 0 Å². The van der Waals surface area contributed by atoms with Crippen molar-refractivity contribution >= 4 is 33.4 Å². The van der Waals surface area contributed by atoms with E-state index < -0.39 is 26.8 Å². The van der Waals surface area contributed by atoms with Gasteiger partial charge in [-0.25, -0.2) is 13.2 Å².